The molecule has 0 saturated heterocycles. The highest BCUT2D eigenvalue weighted by Gasteiger charge is 2.22. The van der Waals surface area contributed by atoms with Gasteiger partial charge in [-0.1, -0.05) is 19.1 Å². The van der Waals surface area contributed by atoms with Crippen LogP contribution in [0.3, 0.4) is 0 Å². The van der Waals surface area contributed by atoms with E-state index in [1.165, 1.54) is 5.56 Å². The summed E-state index contributed by atoms with van der Waals surface area (Å²) in [5, 5.41) is 0. The summed E-state index contributed by atoms with van der Waals surface area (Å²) in [4.78, 5) is 0. The fraction of sp³-hybridized carbons (Fsp3) is 0.400. The third-order valence-electron chi connectivity index (χ3n) is 4.02. The van der Waals surface area contributed by atoms with Crippen molar-refractivity contribution >= 4 is 0 Å². The van der Waals surface area contributed by atoms with Gasteiger partial charge in [-0.25, -0.2) is 0 Å². The quantitative estimate of drug-likeness (QED) is 0.766. The maximum atomic E-state index is 5.82. The minimum absolute atomic E-state index is 0.173. The molecule has 0 N–H and O–H groups in total. The Balaban J connectivity index is 1.89. The second-order valence-electron chi connectivity index (χ2n) is 6.13. The molecule has 0 fully saturated rings. The summed E-state index contributed by atoms with van der Waals surface area (Å²) >= 11 is 0. The Bertz CT molecular complexity index is 692. The monoisotopic (exact) mass is 328 g/mol. The zero-order valence-electron chi connectivity index (χ0n) is 14.7. The molecular formula is C20H24O4. The minimum atomic E-state index is 0.173. The molecule has 0 spiro atoms. The highest BCUT2D eigenvalue weighted by molar-refractivity contribution is 5.54. The lowest BCUT2D eigenvalue weighted by Gasteiger charge is -2.18. The van der Waals surface area contributed by atoms with Crippen LogP contribution < -0.4 is 18.9 Å². The fourth-order valence-electron chi connectivity index (χ4n) is 2.84. The molecule has 1 heterocycles. The van der Waals surface area contributed by atoms with Crippen molar-refractivity contribution < 1.29 is 18.9 Å². The first-order valence-corrected chi connectivity index (χ1v) is 8.41. The van der Waals surface area contributed by atoms with Gasteiger partial charge in [0, 0.05) is 17.5 Å². The molecule has 3 rings (SSSR count). The van der Waals surface area contributed by atoms with Gasteiger partial charge in [-0.05, 0) is 44.5 Å². The Morgan fingerprint density at radius 2 is 1.67 bits per heavy atom. The topological polar surface area (TPSA) is 36.9 Å². The Morgan fingerprint density at radius 1 is 1.00 bits per heavy atom. The number of fused-ring (bicyclic) bond motifs is 1. The Kier molecular flexibility index (Phi) is 4.84. The third-order valence-corrected chi connectivity index (χ3v) is 4.02. The van der Waals surface area contributed by atoms with Gasteiger partial charge >= 0.3 is 0 Å². The van der Waals surface area contributed by atoms with Gasteiger partial charge in [-0.15, -0.1) is 0 Å². The highest BCUT2D eigenvalue weighted by Crippen LogP contribution is 2.42. The molecule has 0 aromatic heterocycles. The lowest BCUT2D eigenvalue weighted by molar-refractivity contribution is 0.173. The molecule has 1 aliphatic heterocycles. The first-order valence-electron chi connectivity index (χ1n) is 8.41. The highest BCUT2D eigenvalue weighted by atomic mass is 16.7. The summed E-state index contributed by atoms with van der Waals surface area (Å²) < 4.78 is 22.5. The summed E-state index contributed by atoms with van der Waals surface area (Å²) in [6.45, 7) is 9.07. The largest absolute Gasteiger partial charge is 0.493 e. The number of hydrogen-bond acceptors (Lipinski definition) is 4. The van der Waals surface area contributed by atoms with E-state index in [9.17, 15) is 0 Å². The van der Waals surface area contributed by atoms with Crippen LogP contribution in [0.2, 0.25) is 0 Å². The van der Waals surface area contributed by atoms with Gasteiger partial charge in [0.15, 0.2) is 11.5 Å². The minimum Gasteiger partial charge on any atom is -0.493 e. The lowest BCUT2D eigenvalue weighted by atomic mass is 9.92. The van der Waals surface area contributed by atoms with Gasteiger partial charge in [0.25, 0.3) is 0 Å². The van der Waals surface area contributed by atoms with Crippen molar-refractivity contribution in [3.05, 3.63) is 47.5 Å². The molecule has 2 aromatic rings. The molecular weight excluding hydrogens is 304 g/mol. The number of hydrogen-bond donors (Lipinski definition) is 0. The predicted molar refractivity (Wildman–Crippen MR) is 93.5 cm³/mol. The molecule has 128 valence electrons. The Labute approximate surface area is 143 Å². The van der Waals surface area contributed by atoms with Crippen molar-refractivity contribution in [3.8, 4) is 23.0 Å². The molecule has 1 aliphatic rings. The first-order chi connectivity index (χ1) is 11.6. The fourth-order valence-corrected chi connectivity index (χ4v) is 2.84. The summed E-state index contributed by atoms with van der Waals surface area (Å²) in [6.07, 6.45) is 0.173. The summed E-state index contributed by atoms with van der Waals surface area (Å²) in [5.74, 6) is 3.43. The molecule has 24 heavy (non-hydrogen) atoms. The van der Waals surface area contributed by atoms with Crippen molar-refractivity contribution in [2.24, 2.45) is 0 Å². The zero-order valence-corrected chi connectivity index (χ0v) is 14.7. The van der Waals surface area contributed by atoms with Crippen LogP contribution >= 0.6 is 0 Å². The van der Waals surface area contributed by atoms with Gasteiger partial charge < -0.3 is 18.9 Å². The van der Waals surface area contributed by atoms with Crippen LogP contribution in [0, 0.1) is 0 Å². The van der Waals surface area contributed by atoms with Gasteiger partial charge in [0.2, 0.25) is 6.79 Å². The number of rotatable bonds is 6. The van der Waals surface area contributed by atoms with E-state index >= 15 is 0 Å². The van der Waals surface area contributed by atoms with Gasteiger partial charge in [0.05, 0.1) is 12.7 Å². The van der Waals surface area contributed by atoms with E-state index in [-0.39, 0.29) is 18.8 Å². The SMILES string of the molecule is CCOc1cc2c(cc1C(C)c1ccc(OC(C)C)cc1)OCO2. The molecule has 1 atom stereocenters. The van der Waals surface area contributed by atoms with E-state index in [0.29, 0.717) is 6.61 Å². The summed E-state index contributed by atoms with van der Waals surface area (Å²) in [5.41, 5.74) is 2.30. The molecule has 0 radical (unpaired) electrons. The average Bonchev–Trinajstić information content (AvgIpc) is 3.01. The number of ether oxygens (including phenoxy) is 4. The van der Waals surface area contributed by atoms with Crippen molar-refractivity contribution in [3.63, 3.8) is 0 Å². The van der Waals surface area contributed by atoms with Crippen LogP contribution in [0.5, 0.6) is 23.0 Å². The first kappa shape index (κ1) is 16.5. The summed E-state index contributed by atoms with van der Waals surface area (Å²) in [6, 6.07) is 12.2. The smallest absolute Gasteiger partial charge is 0.231 e. The Hall–Kier alpha value is -2.36. The maximum Gasteiger partial charge on any atom is 0.231 e. The molecule has 0 saturated carbocycles. The van der Waals surface area contributed by atoms with Gasteiger partial charge in [-0.3, -0.25) is 0 Å². The van der Waals surface area contributed by atoms with Crippen LogP contribution in [-0.4, -0.2) is 19.5 Å². The van der Waals surface area contributed by atoms with E-state index in [1.54, 1.807) is 0 Å². The van der Waals surface area contributed by atoms with Gasteiger partial charge in [0.1, 0.15) is 11.5 Å². The average molecular weight is 328 g/mol. The maximum absolute atomic E-state index is 5.82. The normalized spacial score (nSPS) is 13.9. The van der Waals surface area contributed by atoms with Crippen LogP contribution in [0.25, 0.3) is 0 Å². The molecule has 1 unspecified atom stereocenters. The predicted octanol–water partition coefficient (Wildman–Crippen LogP) is 4.75. The van der Waals surface area contributed by atoms with Crippen LogP contribution in [-0.2, 0) is 0 Å². The van der Waals surface area contributed by atoms with Gasteiger partial charge in [-0.2, -0.15) is 0 Å². The number of benzene rings is 2. The van der Waals surface area contributed by atoms with E-state index in [4.69, 9.17) is 18.9 Å². The van der Waals surface area contributed by atoms with Crippen LogP contribution in [0.15, 0.2) is 36.4 Å². The third kappa shape index (κ3) is 3.42. The van der Waals surface area contributed by atoms with Crippen LogP contribution in [0.4, 0.5) is 0 Å². The van der Waals surface area contributed by atoms with Crippen molar-refractivity contribution in [2.75, 3.05) is 13.4 Å². The molecule has 4 heteroatoms. The van der Waals surface area contributed by atoms with E-state index in [0.717, 1.165) is 28.6 Å². The molecule has 2 aromatic carbocycles. The lowest BCUT2D eigenvalue weighted by Crippen LogP contribution is -2.06. The Morgan fingerprint density at radius 3 is 2.29 bits per heavy atom. The van der Waals surface area contributed by atoms with Crippen molar-refractivity contribution in [2.45, 2.75) is 39.7 Å². The standard InChI is InChI=1S/C20H24O4/c1-5-21-18-11-20-19(22-12-23-20)10-17(18)14(4)15-6-8-16(9-7-15)24-13(2)3/h6-11,13-14H,5,12H2,1-4H3. The zero-order chi connectivity index (χ0) is 17.1. The second-order valence-corrected chi connectivity index (χ2v) is 6.13. The van der Waals surface area contributed by atoms with Crippen molar-refractivity contribution in [1.82, 2.24) is 0 Å². The molecule has 0 aliphatic carbocycles. The van der Waals surface area contributed by atoms with Crippen molar-refractivity contribution in [1.29, 1.82) is 0 Å². The molecule has 4 nitrogen and oxygen atoms in total. The van der Waals surface area contributed by atoms with E-state index in [2.05, 4.69) is 19.1 Å². The van der Waals surface area contributed by atoms with E-state index < -0.39 is 0 Å². The van der Waals surface area contributed by atoms with Crippen LogP contribution in [0.1, 0.15) is 44.7 Å². The molecule has 0 bridgehead atoms. The van der Waals surface area contributed by atoms with E-state index in [1.807, 2.05) is 45.0 Å². The summed E-state index contributed by atoms with van der Waals surface area (Å²) in [7, 11) is 0. The molecule has 0 amide bonds. The second kappa shape index (κ2) is 7.04.